The third-order valence-electron chi connectivity index (χ3n) is 3.13. The van der Waals surface area contributed by atoms with E-state index >= 15 is 0 Å². The molecule has 2 rings (SSSR count). The molecule has 0 bridgehead atoms. The lowest BCUT2D eigenvalue weighted by Gasteiger charge is -2.12. The summed E-state index contributed by atoms with van der Waals surface area (Å²) in [6.45, 7) is 0.783. The summed E-state index contributed by atoms with van der Waals surface area (Å²) in [7, 11) is 3.31. The fourth-order valence-corrected chi connectivity index (χ4v) is 2.60. The summed E-state index contributed by atoms with van der Waals surface area (Å²) < 4.78 is 16.2. The van der Waals surface area contributed by atoms with E-state index in [0.717, 1.165) is 29.9 Å². The van der Waals surface area contributed by atoms with E-state index in [9.17, 15) is 0 Å². The predicted molar refractivity (Wildman–Crippen MR) is 70.4 cm³/mol. The van der Waals surface area contributed by atoms with Crippen molar-refractivity contribution in [2.45, 2.75) is 18.4 Å². The van der Waals surface area contributed by atoms with Crippen molar-refractivity contribution in [1.82, 2.24) is 0 Å². The Morgan fingerprint density at radius 3 is 2.65 bits per heavy atom. The van der Waals surface area contributed by atoms with Crippen LogP contribution in [0.3, 0.4) is 0 Å². The molecule has 94 valence electrons. The summed E-state index contributed by atoms with van der Waals surface area (Å²) >= 11 is 3.46. The fourth-order valence-electron chi connectivity index (χ4n) is 2.15. The van der Waals surface area contributed by atoms with Gasteiger partial charge in [0.05, 0.1) is 26.9 Å². The maximum absolute atomic E-state index is 5.68. The van der Waals surface area contributed by atoms with Gasteiger partial charge in [-0.3, -0.25) is 0 Å². The molecule has 1 aromatic rings. The summed E-state index contributed by atoms with van der Waals surface area (Å²) in [5, 5.41) is 0.900. The molecule has 1 fully saturated rings. The molecule has 17 heavy (non-hydrogen) atoms. The van der Waals surface area contributed by atoms with Crippen LogP contribution in [0.1, 0.15) is 17.9 Å². The van der Waals surface area contributed by atoms with E-state index in [4.69, 9.17) is 14.2 Å². The number of hydrogen-bond acceptors (Lipinski definition) is 3. The number of halogens is 1. The normalized spacial score (nSPS) is 23.7. The van der Waals surface area contributed by atoms with Crippen molar-refractivity contribution in [2.24, 2.45) is 0 Å². The van der Waals surface area contributed by atoms with E-state index in [1.807, 2.05) is 12.1 Å². The molecule has 0 saturated carbocycles. The second kappa shape index (κ2) is 5.74. The largest absolute Gasteiger partial charge is 0.493 e. The van der Waals surface area contributed by atoms with Crippen molar-refractivity contribution in [3.63, 3.8) is 0 Å². The average molecular weight is 301 g/mol. The van der Waals surface area contributed by atoms with E-state index in [-0.39, 0.29) is 0 Å². The van der Waals surface area contributed by atoms with Crippen LogP contribution >= 0.6 is 15.9 Å². The smallest absolute Gasteiger partial charge is 0.160 e. The minimum Gasteiger partial charge on any atom is -0.493 e. The Morgan fingerprint density at radius 1 is 1.29 bits per heavy atom. The van der Waals surface area contributed by atoms with Gasteiger partial charge in [-0.25, -0.2) is 0 Å². The van der Waals surface area contributed by atoms with E-state index in [2.05, 4.69) is 22.0 Å². The van der Waals surface area contributed by atoms with Crippen molar-refractivity contribution < 1.29 is 14.2 Å². The van der Waals surface area contributed by atoms with Crippen molar-refractivity contribution in [2.75, 3.05) is 26.2 Å². The Balaban J connectivity index is 2.16. The van der Waals surface area contributed by atoms with Crippen LogP contribution in [-0.2, 0) is 4.74 Å². The molecule has 0 N–H and O–H groups in total. The van der Waals surface area contributed by atoms with Crippen LogP contribution in [0, 0.1) is 0 Å². The van der Waals surface area contributed by atoms with Gasteiger partial charge in [0.1, 0.15) is 0 Å². The van der Waals surface area contributed by atoms with Gasteiger partial charge in [0.2, 0.25) is 0 Å². The van der Waals surface area contributed by atoms with Gasteiger partial charge in [-0.2, -0.15) is 0 Å². The number of methoxy groups -OCH3 is 2. The molecule has 0 aromatic heterocycles. The summed E-state index contributed by atoms with van der Waals surface area (Å²) in [4.78, 5) is 0. The van der Waals surface area contributed by atoms with Crippen LogP contribution in [0.5, 0.6) is 11.5 Å². The van der Waals surface area contributed by atoms with Gasteiger partial charge in [-0.05, 0) is 24.1 Å². The van der Waals surface area contributed by atoms with Crippen LogP contribution in [0.4, 0.5) is 0 Å². The first-order valence-electron chi connectivity index (χ1n) is 5.68. The number of ether oxygens (including phenoxy) is 3. The molecule has 3 nitrogen and oxygen atoms in total. The van der Waals surface area contributed by atoms with Gasteiger partial charge >= 0.3 is 0 Å². The second-order valence-electron chi connectivity index (χ2n) is 4.16. The predicted octanol–water partition coefficient (Wildman–Crippen LogP) is 2.97. The second-order valence-corrected chi connectivity index (χ2v) is 4.80. The van der Waals surface area contributed by atoms with Gasteiger partial charge < -0.3 is 14.2 Å². The van der Waals surface area contributed by atoms with E-state index in [1.54, 1.807) is 14.2 Å². The Bertz CT molecular complexity index is 381. The van der Waals surface area contributed by atoms with Crippen molar-refractivity contribution in [3.05, 3.63) is 23.8 Å². The zero-order chi connectivity index (χ0) is 12.3. The summed E-state index contributed by atoms with van der Waals surface area (Å²) in [5.41, 5.74) is 1.26. The zero-order valence-electron chi connectivity index (χ0n) is 10.1. The summed E-state index contributed by atoms with van der Waals surface area (Å²) in [6.07, 6.45) is 1.38. The SMILES string of the molecule is COc1ccc([C@@H]2CO[C@H](CBr)C2)cc1OC. The number of benzene rings is 1. The van der Waals surface area contributed by atoms with Gasteiger partial charge in [0, 0.05) is 11.2 Å². The third-order valence-corrected chi connectivity index (χ3v) is 3.85. The lowest BCUT2D eigenvalue weighted by atomic mass is 9.96. The first-order chi connectivity index (χ1) is 8.28. The van der Waals surface area contributed by atoms with Crippen LogP contribution < -0.4 is 9.47 Å². The molecule has 1 saturated heterocycles. The van der Waals surface area contributed by atoms with Crippen molar-refractivity contribution >= 4 is 15.9 Å². The minimum atomic E-state index is 0.327. The lowest BCUT2D eigenvalue weighted by molar-refractivity contribution is 0.127. The van der Waals surface area contributed by atoms with E-state index in [1.165, 1.54) is 5.56 Å². The molecule has 1 aliphatic heterocycles. The Kier molecular flexibility index (Phi) is 4.29. The van der Waals surface area contributed by atoms with Crippen LogP contribution in [0.2, 0.25) is 0 Å². The monoisotopic (exact) mass is 300 g/mol. The molecule has 1 heterocycles. The molecule has 0 spiro atoms. The Morgan fingerprint density at radius 2 is 2.06 bits per heavy atom. The van der Waals surface area contributed by atoms with Crippen molar-refractivity contribution in [3.8, 4) is 11.5 Å². The number of rotatable bonds is 4. The van der Waals surface area contributed by atoms with Crippen molar-refractivity contribution in [1.29, 1.82) is 0 Å². The third kappa shape index (κ3) is 2.75. The highest BCUT2D eigenvalue weighted by molar-refractivity contribution is 9.09. The van der Waals surface area contributed by atoms with E-state index in [0.29, 0.717) is 12.0 Å². The first-order valence-corrected chi connectivity index (χ1v) is 6.80. The maximum atomic E-state index is 5.68. The van der Waals surface area contributed by atoms with Gasteiger partial charge in [0.25, 0.3) is 0 Å². The topological polar surface area (TPSA) is 27.7 Å². The van der Waals surface area contributed by atoms with E-state index < -0.39 is 0 Å². The van der Waals surface area contributed by atoms with Crippen LogP contribution in [0.15, 0.2) is 18.2 Å². The molecule has 1 aromatic carbocycles. The maximum Gasteiger partial charge on any atom is 0.160 e. The molecular formula is C13H17BrO3. The molecule has 2 atom stereocenters. The standard InChI is InChI=1S/C13H17BrO3/c1-15-12-4-3-9(6-13(12)16-2)10-5-11(7-14)17-8-10/h3-4,6,10-11H,5,7-8H2,1-2H3/t10-,11-/m0/s1. The first kappa shape index (κ1) is 12.7. The Labute approximate surface area is 110 Å². The molecule has 0 aliphatic carbocycles. The lowest BCUT2D eigenvalue weighted by Crippen LogP contribution is -2.05. The highest BCUT2D eigenvalue weighted by Crippen LogP contribution is 2.35. The summed E-state index contributed by atoms with van der Waals surface area (Å²) in [5.74, 6) is 2.01. The average Bonchev–Trinajstić information content (AvgIpc) is 2.86. The molecule has 4 heteroatoms. The molecular weight excluding hydrogens is 284 g/mol. The quantitative estimate of drug-likeness (QED) is 0.800. The molecule has 1 aliphatic rings. The van der Waals surface area contributed by atoms with Gasteiger partial charge in [-0.1, -0.05) is 22.0 Å². The molecule has 0 amide bonds. The fraction of sp³-hybridized carbons (Fsp3) is 0.538. The van der Waals surface area contributed by atoms with Crippen LogP contribution in [-0.4, -0.2) is 32.3 Å². The Hall–Kier alpha value is -0.740. The minimum absolute atomic E-state index is 0.327. The van der Waals surface area contributed by atoms with Gasteiger partial charge in [-0.15, -0.1) is 0 Å². The molecule has 0 unspecified atom stereocenters. The van der Waals surface area contributed by atoms with Gasteiger partial charge in [0.15, 0.2) is 11.5 Å². The zero-order valence-corrected chi connectivity index (χ0v) is 11.7. The number of hydrogen-bond donors (Lipinski definition) is 0. The highest BCUT2D eigenvalue weighted by atomic mass is 79.9. The number of alkyl halides is 1. The summed E-state index contributed by atoms with van der Waals surface area (Å²) in [6, 6.07) is 6.09. The molecule has 0 radical (unpaired) electrons. The highest BCUT2D eigenvalue weighted by Gasteiger charge is 2.26. The van der Waals surface area contributed by atoms with Crippen LogP contribution in [0.25, 0.3) is 0 Å².